The van der Waals surface area contributed by atoms with Gasteiger partial charge < -0.3 is 14.8 Å². The third kappa shape index (κ3) is 4.15. The molecule has 1 saturated carbocycles. The van der Waals surface area contributed by atoms with Crippen molar-refractivity contribution in [2.45, 2.75) is 38.6 Å². The number of benzene rings is 1. The van der Waals surface area contributed by atoms with Gasteiger partial charge in [-0.2, -0.15) is 0 Å². The van der Waals surface area contributed by atoms with Crippen LogP contribution in [0.2, 0.25) is 0 Å². The molecule has 1 fully saturated rings. The maximum atomic E-state index is 12.0. The summed E-state index contributed by atoms with van der Waals surface area (Å²) in [5.74, 6) is 1.97. The van der Waals surface area contributed by atoms with E-state index in [1.165, 1.54) is 12.8 Å². The standard InChI is InChI=1S/C16H23NO3/c1-12(17-16(18)13-5-3-4-6-13)11-20-15-9-7-14(19-2)8-10-15/h7-10,12-13H,3-6,11H2,1-2H3,(H,17,18)/t12-/m1/s1. The van der Waals surface area contributed by atoms with Crippen LogP contribution in [0.4, 0.5) is 0 Å². The maximum Gasteiger partial charge on any atom is 0.223 e. The van der Waals surface area contributed by atoms with Crippen LogP contribution in [0.15, 0.2) is 24.3 Å². The molecule has 1 aromatic carbocycles. The van der Waals surface area contributed by atoms with Gasteiger partial charge in [-0.05, 0) is 44.0 Å². The van der Waals surface area contributed by atoms with Crippen molar-refractivity contribution in [3.63, 3.8) is 0 Å². The summed E-state index contributed by atoms with van der Waals surface area (Å²) in [6.07, 6.45) is 4.40. The summed E-state index contributed by atoms with van der Waals surface area (Å²) >= 11 is 0. The number of nitrogens with one attached hydrogen (secondary N) is 1. The normalized spacial score (nSPS) is 16.7. The minimum Gasteiger partial charge on any atom is -0.497 e. The molecule has 1 N–H and O–H groups in total. The molecule has 1 atom stereocenters. The Labute approximate surface area is 120 Å². The number of carbonyl (C=O) groups is 1. The van der Waals surface area contributed by atoms with E-state index in [0.717, 1.165) is 24.3 Å². The molecular weight excluding hydrogens is 254 g/mol. The third-order valence-corrected chi connectivity index (χ3v) is 3.67. The summed E-state index contributed by atoms with van der Waals surface area (Å²) in [5.41, 5.74) is 0. The van der Waals surface area contributed by atoms with Crippen molar-refractivity contribution in [2.24, 2.45) is 5.92 Å². The summed E-state index contributed by atoms with van der Waals surface area (Å²) in [7, 11) is 1.64. The van der Waals surface area contributed by atoms with Gasteiger partial charge in [0, 0.05) is 5.92 Å². The van der Waals surface area contributed by atoms with E-state index in [1.807, 2.05) is 31.2 Å². The van der Waals surface area contributed by atoms with Gasteiger partial charge in [0.15, 0.2) is 0 Å². The Kier molecular flexibility index (Phi) is 5.27. The van der Waals surface area contributed by atoms with Crippen LogP contribution in [-0.4, -0.2) is 25.7 Å². The third-order valence-electron chi connectivity index (χ3n) is 3.67. The Bertz CT molecular complexity index is 424. The van der Waals surface area contributed by atoms with Gasteiger partial charge in [0.05, 0.1) is 13.2 Å². The second-order valence-electron chi connectivity index (χ2n) is 5.38. The first-order chi connectivity index (χ1) is 9.69. The summed E-state index contributed by atoms with van der Waals surface area (Å²) in [4.78, 5) is 12.0. The van der Waals surface area contributed by atoms with Gasteiger partial charge in [0.25, 0.3) is 0 Å². The first-order valence-corrected chi connectivity index (χ1v) is 7.26. The van der Waals surface area contributed by atoms with Crippen molar-refractivity contribution >= 4 is 5.91 Å². The number of hydrogen-bond acceptors (Lipinski definition) is 3. The lowest BCUT2D eigenvalue weighted by Gasteiger charge is -2.17. The molecule has 0 radical (unpaired) electrons. The highest BCUT2D eigenvalue weighted by Crippen LogP contribution is 2.24. The Balaban J connectivity index is 1.73. The highest BCUT2D eigenvalue weighted by molar-refractivity contribution is 5.79. The Hall–Kier alpha value is -1.71. The first kappa shape index (κ1) is 14.7. The molecule has 1 amide bonds. The van der Waals surface area contributed by atoms with Crippen molar-refractivity contribution < 1.29 is 14.3 Å². The lowest BCUT2D eigenvalue weighted by atomic mass is 10.1. The van der Waals surface area contributed by atoms with Gasteiger partial charge in [-0.25, -0.2) is 0 Å². The molecule has 0 unspecified atom stereocenters. The lowest BCUT2D eigenvalue weighted by molar-refractivity contribution is -0.125. The molecule has 0 aliphatic heterocycles. The van der Waals surface area contributed by atoms with E-state index in [2.05, 4.69) is 5.32 Å². The van der Waals surface area contributed by atoms with E-state index in [4.69, 9.17) is 9.47 Å². The van der Waals surface area contributed by atoms with Gasteiger partial charge in [-0.3, -0.25) is 4.79 Å². The highest BCUT2D eigenvalue weighted by atomic mass is 16.5. The minimum atomic E-state index is 0.0187. The first-order valence-electron chi connectivity index (χ1n) is 7.26. The molecule has 0 spiro atoms. The van der Waals surface area contributed by atoms with Gasteiger partial charge >= 0.3 is 0 Å². The van der Waals surface area contributed by atoms with Gasteiger partial charge in [-0.15, -0.1) is 0 Å². The van der Waals surface area contributed by atoms with Crippen molar-refractivity contribution in [3.8, 4) is 11.5 Å². The largest absolute Gasteiger partial charge is 0.497 e. The second kappa shape index (κ2) is 7.17. The zero-order chi connectivity index (χ0) is 14.4. The fraction of sp³-hybridized carbons (Fsp3) is 0.562. The summed E-state index contributed by atoms with van der Waals surface area (Å²) in [6, 6.07) is 7.47. The zero-order valence-electron chi connectivity index (χ0n) is 12.2. The molecule has 110 valence electrons. The fourth-order valence-electron chi connectivity index (χ4n) is 2.48. The molecule has 0 saturated heterocycles. The van der Waals surface area contributed by atoms with Crippen LogP contribution in [-0.2, 0) is 4.79 Å². The molecule has 1 aliphatic rings. The van der Waals surface area contributed by atoms with E-state index in [0.29, 0.717) is 6.61 Å². The molecule has 20 heavy (non-hydrogen) atoms. The predicted octanol–water partition coefficient (Wildman–Crippen LogP) is 2.77. The Morgan fingerprint density at radius 3 is 2.45 bits per heavy atom. The lowest BCUT2D eigenvalue weighted by Crippen LogP contribution is -2.39. The molecule has 2 rings (SSSR count). The average molecular weight is 277 g/mol. The predicted molar refractivity (Wildman–Crippen MR) is 78.1 cm³/mol. The van der Waals surface area contributed by atoms with Crippen molar-refractivity contribution in [3.05, 3.63) is 24.3 Å². The number of amides is 1. The SMILES string of the molecule is COc1ccc(OC[C@@H](C)NC(=O)C2CCCC2)cc1. The van der Waals surface area contributed by atoms with Crippen molar-refractivity contribution in [1.82, 2.24) is 5.32 Å². The molecule has 4 nitrogen and oxygen atoms in total. The number of hydrogen-bond donors (Lipinski definition) is 1. The van der Waals surface area contributed by atoms with E-state index < -0.39 is 0 Å². The zero-order valence-corrected chi connectivity index (χ0v) is 12.2. The maximum absolute atomic E-state index is 12.0. The molecule has 1 aromatic rings. The molecule has 4 heteroatoms. The van der Waals surface area contributed by atoms with Crippen LogP contribution < -0.4 is 14.8 Å². The van der Waals surface area contributed by atoms with E-state index >= 15 is 0 Å². The number of rotatable bonds is 6. The quantitative estimate of drug-likeness (QED) is 0.869. The molecular formula is C16H23NO3. The highest BCUT2D eigenvalue weighted by Gasteiger charge is 2.23. The van der Waals surface area contributed by atoms with Crippen molar-refractivity contribution in [1.29, 1.82) is 0 Å². The molecule has 0 heterocycles. The summed E-state index contributed by atoms with van der Waals surface area (Å²) < 4.78 is 10.8. The Morgan fingerprint density at radius 2 is 1.85 bits per heavy atom. The number of ether oxygens (including phenoxy) is 2. The van der Waals surface area contributed by atoms with Crippen LogP contribution in [0.1, 0.15) is 32.6 Å². The minimum absolute atomic E-state index is 0.0187. The number of carbonyl (C=O) groups excluding carboxylic acids is 1. The fourth-order valence-corrected chi connectivity index (χ4v) is 2.48. The average Bonchev–Trinajstić information content (AvgIpc) is 3.00. The molecule has 1 aliphatic carbocycles. The van der Waals surface area contributed by atoms with Crippen LogP contribution >= 0.6 is 0 Å². The van der Waals surface area contributed by atoms with Crippen LogP contribution in [0, 0.1) is 5.92 Å². The second-order valence-corrected chi connectivity index (χ2v) is 5.38. The number of methoxy groups -OCH3 is 1. The molecule has 0 bridgehead atoms. The summed E-state index contributed by atoms with van der Waals surface area (Å²) in [6.45, 7) is 2.45. The monoisotopic (exact) mass is 277 g/mol. The van der Waals surface area contributed by atoms with Crippen molar-refractivity contribution in [2.75, 3.05) is 13.7 Å². The molecule has 0 aromatic heterocycles. The van der Waals surface area contributed by atoms with Gasteiger partial charge in [0.1, 0.15) is 18.1 Å². The van der Waals surface area contributed by atoms with Crippen LogP contribution in [0.25, 0.3) is 0 Å². The Morgan fingerprint density at radius 1 is 1.25 bits per heavy atom. The summed E-state index contributed by atoms with van der Waals surface area (Å²) in [5, 5.41) is 3.03. The van der Waals surface area contributed by atoms with E-state index in [1.54, 1.807) is 7.11 Å². The van der Waals surface area contributed by atoms with E-state index in [9.17, 15) is 4.79 Å². The van der Waals surface area contributed by atoms with Gasteiger partial charge in [-0.1, -0.05) is 12.8 Å². The van der Waals surface area contributed by atoms with Crippen LogP contribution in [0.5, 0.6) is 11.5 Å². The van der Waals surface area contributed by atoms with E-state index in [-0.39, 0.29) is 17.9 Å². The smallest absolute Gasteiger partial charge is 0.223 e. The van der Waals surface area contributed by atoms with Gasteiger partial charge in [0.2, 0.25) is 5.91 Å². The van der Waals surface area contributed by atoms with Crippen LogP contribution in [0.3, 0.4) is 0 Å². The topological polar surface area (TPSA) is 47.6 Å².